The van der Waals surface area contributed by atoms with E-state index in [9.17, 15) is 0 Å². The van der Waals surface area contributed by atoms with Crippen molar-refractivity contribution < 1.29 is 0 Å². The summed E-state index contributed by atoms with van der Waals surface area (Å²) in [5.74, 6) is 0. The Balaban J connectivity index is 1.46. The normalized spacial score (nSPS) is 14.3. The second kappa shape index (κ2) is 6.96. The molecule has 1 N–H and O–H groups in total. The number of fused-ring (bicyclic) bond motifs is 1. The van der Waals surface area contributed by atoms with Crippen LogP contribution in [0.25, 0.3) is 0 Å². The molecule has 0 atom stereocenters. The third-order valence-electron chi connectivity index (χ3n) is 4.07. The molecule has 0 fully saturated rings. The zero-order chi connectivity index (χ0) is 14.5. The van der Waals surface area contributed by atoms with Crippen LogP contribution in [0.4, 0.5) is 11.4 Å². The first kappa shape index (κ1) is 14.4. The van der Waals surface area contributed by atoms with Crippen molar-refractivity contribution in [3.8, 4) is 0 Å². The van der Waals surface area contributed by atoms with E-state index in [0.717, 1.165) is 39.1 Å². The highest BCUT2D eigenvalue weighted by Crippen LogP contribution is 2.31. The molecule has 4 heteroatoms. The van der Waals surface area contributed by atoms with Crippen molar-refractivity contribution in [2.75, 3.05) is 49.6 Å². The fourth-order valence-corrected chi connectivity index (χ4v) is 3.51. The molecule has 0 spiro atoms. The molecule has 3 rings (SSSR count). The molecule has 21 heavy (non-hydrogen) atoms. The molecule has 0 saturated heterocycles. The highest BCUT2D eigenvalue weighted by Gasteiger charge is 2.18. The second-order valence-electron chi connectivity index (χ2n) is 5.53. The maximum atomic E-state index is 3.56. The van der Waals surface area contributed by atoms with Crippen LogP contribution in [0.2, 0.25) is 0 Å². The molecule has 0 amide bonds. The summed E-state index contributed by atoms with van der Waals surface area (Å²) < 4.78 is 0. The van der Waals surface area contributed by atoms with Crippen LogP contribution in [0.3, 0.4) is 0 Å². The van der Waals surface area contributed by atoms with Gasteiger partial charge in [-0.05, 0) is 47.5 Å². The van der Waals surface area contributed by atoms with E-state index in [1.54, 1.807) is 11.3 Å². The topological polar surface area (TPSA) is 18.5 Å². The van der Waals surface area contributed by atoms with Gasteiger partial charge in [0.25, 0.3) is 0 Å². The fourth-order valence-electron chi connectivity index (χ4n) is 2.80. The van der Waals surface area contributed by atoms with Gasteiger partial charge in [0.1, 0.15) is 0 Å². The Morgan fingerprint density at radius 2 is 1.95 bits per heavy atom. The van der Waals surface area contributed by atoms with E-state index < -0.39 is 0 Å². The van der Waals surface area contributed by atoms with Gasteiger partial charge in [-0.2, -0.15) is 11.3 Å². The number of hydrogen-bond acceptors (Lipinski definition) is 4. The largest absolute Gasteiger partial charge is 0.371 e. The number of benzene rings is 1. The number of hydrogen-bond donors (Lipinski definition) is 1. The predicted molar refractivity (Wildman–Crippen MR) is 92.8 cm³/mol. The minimum atomic E-state index is 1.04. The van der Waals surface area contributed by atoms with Crippen LogP contribution < -0.4 is 15.1 Å². The Morgan fingerprint density at radius 3 is 2.76 bits per heavy atom. The van der Waals surface area contributed by atoms with Crippen LogP contribution in [0.5, 0.6) is 0 Å². The van der Waals surface area contributed by atoms with Crippen LogP contribution in [-0.2, 0) is 6.42 Å². The van der Waals surface area contributed by atoms with Gasteiger partial charge >= 0.3 is 0 Å². The SMILES string of the molecule is CN1CCN(CCNCCc2ccsc2)c2ccccc21. The van der Waals surface area contributed by atoms with E-state index in [1.807, 2.05) is 0 Å². The molecule has 1 aromatic carbocycles. The van der Waals surface area contributed by atoms with Gasteiger partial charge in [0.2, 0.25) is 0 Å². The van der Waals surface area contributed by atoms with Crippen molar-refractivity contribution in [2.45, 2.75) is 6.42 Å². The van der Waals surface area contributed by atoms with Gasteiger partial charge in [-0.1, -0.05) is 12.1 Å². The Kier molecular flexibility index (Phi) is 4.78. The van der Waals surface area contributed by atoms with Crippen molar-refractivity contribution in [1.29, 1.82) is 0 Å². The van der Waals surface area contributed by atoms with Gasteiger partial charge in [-0.3, -0.25) is 0 Å². The molecule has 0 aliphatic carbocycles. The van der Waals surface area contributed by atoms with Gasteiger partial charge in [0.05, 0.1) is 11.4 Å². The maximum absolute atomic E-state index is 3.56. The number of anilines is 2. The lowest BCUT2D eigenvalue weighted by Crippen LogP contribution is -2.42. The molecule has 2 heterocycles. The zero-order valence-corrected chi connectivity index (χ0v) is 13.4. The highest BCUT2D eigenvalue weighted by atomic mass is 32.1. The Morgan fingerprint density at radius 1 is 1.10 bits per heavy atom. The molecule has 1 aromatic heterocycles. The monoisotopic (exact) mass is 301 g/mol. The average molecular weight is 301 g/mol. The number of nitrogens with one attached hydrogen (secondary N) is 1. The summed E-state index contributed by atoms with van der Waals surface area (Å²) >= 11 is 1.78. The van der Waals surface area contributed by atoms with Crippen LogP contribution in [0.15, 0.2) is 41.1 Å². The van der Waals surface area contributed by atoms with E-state index in [-0.39, 0.29) is 0 Å². The van der Waals surface area contributed by atoms with E-state index in [2.05, 4.69) is 63.3 Å². The maximum Gasteiger partial charge on any atom is 0.0605 e. The van der Waals surface area contributed by atoms with Gasteiger partial charge in [0, 0.05) is 33.2 Å². The van der Waals surface area contributed by atoms with Crippen molar-refractivity contribution in [2.24, 2.45) is 0 Å². The molecular weight excluding hydrogens is 278 g/mol. The summed E-state index contributed by atoms with van der Waals surface area (Å²) in [4.78, 5) is 4.84. The van der Waals surface area contributed by atoms with Crippen molar-refractivity contribution in [3.63, 3.8) is 0 Å². The van der Waals surface area contributed by atoms with E-state index >= 15 is 0 Å². The van der Waals surface area contributed by atoms with Gasteiger partial charge in [0.15, 0.2) is 0 Å². The van der Waals surface area contributed by atoms with Crippen molar-refractivity contribution in [3.05, 3.63) is 46.7 Å². The summed E-state index contributed by atoms with van der Waals surface area (Å²) in [5.41, 5.74) is 4.16. The first-order chi connectivity index (χ1) is 10.3. The number of rotatable bonds is 6. The van der Waals surface area contributed by atoms with Gasteiger partial charge in [-0.15, -0.1) is 0 Å². The molecule has 3 nitrogen and oxygen atoms in total. The summed E-state index contributed by atoms with van der Waals surface area (Å²) in [6, 6.07) is 10.9. The van der Waals surface area contributed by atoms with Crippen LogP contribution in [0, 0.1) is 0 Å². The predicted octanol–water partition coefficient (Wildman–Crippen LogP) is 2.84. The first-order valence-electron chi connectivity index (χ1n) is 7.61. The number of nitrogens with zero attached hydrogens (tertiary/aromatic N) is 2. The van der Waals surface area contributed by atoms with Crippen LogP contribution in [0.1, 0.15) is 5.56 Å². The minimum absolute atomic E-state index is 1.04. The molecule has 2 aromatic rings. The van der Waals surface area contributed by atoms with Crippen LogP contribution in [-0.4, -0.2) is 39.8 Å². The van der Waals surface area contributed by atoms with Gasteiger partial charge < -0.3 is 15.1 Å². The van der Waals surface area contributed by atoms with Gasteiger partial charge in [-0.25, -0.2) is 0 Å². The smallest absolute Gasteiger partial charge is 0.0605 e. The number of para-hydroxylation sites is 2. The third kappa shape index (κ3) is 3.57. The lowest BCUT2D eigenvalue weighted by molar-refractivity contribution is 0.646. The fraction of sp³-hybridized carbons (Fsp3) is 0.412. The molecular formula is C17H23N3S. The molecule has 0 bridgehead atoms. The zero-order valence-electron chi connectivity index (χ0n) is 12.6. The molecule has 0 radical (unpaired) electrons. The van der Waals surface area contributed by atoms with Crippen LogP contribution >= 0.6 is 11.3 Å². The summed E-state index contributed by atoms with van der Waals surface area (Å²) in [7, 11) is 2.18. The standard InChI is InChI=1S/C17H23N3S/c1-19-11-12-20(17-5-3-2-4-16(17)19)10-9-18-8-6-15-7-13-21-14-15/h2-5,7,13-14,18H,6,8-12H2,1H3. The Labute approximate surface area is 131 Å². The molecule has 112 valence electrons. The summed E-state index contributed by atoms with van der Waals surface area (Å²) in [6.45, 7) is 5.40. The van der Waals surface area contributed by atoms with E-state index in [1.165, 1.54) is 16.9 Å². The number of thiophene rings is 1. The molecule has 1 aliphatic heterocycles. The third-order valence-corrected chi connectivity index (χ3v) is 4.80. The van der Waals surface area contributed by atoms with Crippen molar-refractivity contribution >= 4 is 22.7 Å². The van der Waals surface area contributed by atoms with E-state index in [4.69, 9.17) is 0 Å². The second-order valence-corrected chi connectivity index (χ2v) is 6.31. The Hall–Kier alpha value is -1.52. The number of likely N-dealkylation sites (N-methyl/N-ethyl adjacent to an activating group) is 1. The first-order valence-corrected chi connectivity index (χ1v) is 8.56. The molecule has 0 saturated carbocycles. The molecule has 1 aliphatic rings. The lowest BCUT2D eigenvalue weighted by atomic mass is 10.2. The quantitative estimate of drug-likeness (QED) is 0.828. The lowest BCUT2D eigenvalue weighted by Gasteiger charge is -2.37. The minimum Gasteiger partial charge on any atom is -0.371 e. The highest BCUT2D eigenvalue weighted by molar-refractivity contribution is 7.07. The summed E-state index contributed by atoms with van der Waals surface area (Å²) in [6.07, 6.45) is 1.13. The summed E-state index contributed by atoms with van der Waals surface area (Å²) in [5, 5.41) is 7.95. The van der Waals surface area contributed by atoms with E-state index in [0.29, 0.717) is 0 Å². The van der Waals surface area contributed by atoms with Crippen molar-refractivity contribution in [1.82, 2.24) is 5.32 Å². The Bertz CT molecular complexity index is 553. The average Bonchev–Trinajstić information content (AvgIpc) is 3.03. The molecule has 0 unspecified atom stereocenters.